The van der Waals surface area contributed by atoms with Crippen LogP contribution in [0.25, 0.3) is 0 Å². The molecule has 0 unspecified atom stereocenters. The molecule has 0 bridgehead atoms. The van der Waals surface area contributed by atoms with E-state index in [1.54, 1.807) is 12.1 Å². The van der Waals surface area contributed by atoms with Crippen LogP contribution < -0.4 is 15.2 Å². The quantitative estimate of drug-likeness (QED) is 0.688. The van der Waals surface area contributed by atoms with Crippen LogP contribution in [-0.4, -0.2) is 20.2 Å². The molecule has 0 aromatic heterocycles. The lowest BCUT2D eigenvalue weighted by atomic mass is 10.2. The summed E-state index contributed by atoms with van der Waals surface area (Å²) in [5, 5.41) is 7.47. The second kappa shape index (κ2) is 6.58. The topological polar surface area (TPSA) is 101 Å². The van der Waals surface area contributed by atoms with Crippen molar-refractivity contribution in [3.8, 4) is 0 Å². The molecule has 0 radical (unpaired) electrons. The maximum Gasteiger partial charge on any atom is 0.296 e. The number of hydrogen-bond acceptors (Lipinski definition) is 3. The fourth-order valence-electron chi connectivity index (χ4n) is 1.28. The van der Waals surface area contributed by atoms with Crippen LogP contribution in [0.3, 0.4) is 0 Å². The Morgan fingerprint density at radius 2 is 2.00 bits per heavy atom. The Bertz CT molecular complexity index is 519. The van der Waals surface area contributed by atoms with E-state index in [0.717, 1.165) is 0 Å². The largest absolute Gasteiger partial charge is 0.326 e. The summed E-state index contributed by atoms with van der Waals surface area (Å²) in [6.07, 6.45) is 0.902. The summed E-state index contributed by atoms with van der Waals surface area (Å²) in [6, 6.07) is 6.25. The van der Waals surface area contributed by atoms with E-state index < -0.39 is 10.2 Å². The molecule has 0 saturated carbocycles. The van der Waals surface area contributed by atoms with Gasteiger partial charge in [0.25, 0.3) is 10.2 Å². The van der Waals surface area contributed by atoms with Crippen LogP contribution in [0.4, 0.5) is 11.4 Å². The summed E-state index contributed by atoms with van der Waals surface area (Å²) in [4.78, 5) is 11.4. The first kappa shape index (κ1) is 14.7. The van der Waals surface area contributed by atoms with Gasteiger partial charge in [0.2, 0.25) is 5.91 Å². The Morgan fingerprint density at radius 3 is 2.61 bits per heavy atom. The molecule has 100 valence electrons. The molecule has 8 heteroatoms. The number of amides is 1. The summed E-state index contributed by atoms with van der Waals surface area (Å²) >= 11 is 5.48. The molecule has 0 heterocycles. The van der Waals surface area contributed by atoms with Crippen molar-refractivity contribution >= 4 is 39.1 Å². The summed E-state index contributed by atoms with van der Waals surface area (Å²) in [7, 11) is -3.82. The van der Waals surface area contributed by atoms with E-state index in [2.05, 4.69) is 10.0 Å². The average Bonchev–Trinajstić information content (AvgIpc) is 2.24. The van der Waals surface area contributed by atoms with Gasteiger partial charge in [-0.05, 0) is 24.6 Å². The number of benzene rings is 1. The monoisotopic (exact) mass is 291 g/mol. The molecule has 4 N–H and O–H groups in total. The molecule has 18 heavy (non-hydrogen) atoms. The number of anilines is 2. The van der Waals surface area contributed by atoms with Gasteiger partial charge in [0.05, 0.1) is 5.69 Å². The van der Waals surface area contributed by atoms with E-state index in [9.17, 15) is 13.2 Å². The number of alkyl halides is 1. The second-order valence-electron chi connectivity index (χ2n) is 3.57. The molecule has 1 aromatic rings. The maximum absolute atomic E-state index is 11.4. The van der Waals surface area contributed by atoms with Gasteiger partial charge in [0, 0.05) is 18.0 Å². The maximum atomic E-state index is 11.4. The van der Waals surface area contributed by atoms with E-state index in [1.165, 1.54) is 12.1 Å². The third-order valence-electron chi connectivity index (χ3n) is 1.94. The minimum Gasteiger partial charge on any atom is -0.326 e. The Kier molecular flexibility index (Phi) is 5.39. The van der Waals surface area contributed by atoms with E-state index in [1.807, 2.05) is 0 Å². The molecule has 0 aliphatic carbocycles. The van der Waals surface area contributed by atoms with E-state index in [0.29, 0.717) is 24.4 Å². The zero-order chi connectivity index (χ0) is 13.6. The summed E-state index contributed by atoms with van der Waals surface area (Å²) in [5.74, 6) is 0.240. The Labute approximate surface area is 111 Å². The van der Waals surface area contributed by atoms with Crippen molar-refractivity contribution in [2.45, 2.75) is 12.8 Å². The van der Waals surface area contributed by atoms with Crippen LogP contribution in [0.2, 0.25) is 0 Å². The van der Waals surface area contributed by atoms with Gasteiger partial charge >= 0.3 is 0 Å². The molecule has 0 fully saturated rings. The highest BCUT2D eigenvalue weighted by molar-refractivity contribution is 7.90. The van der Waals surface area contributed by atoms with Gasteiger partial charge in [-0.15, -0.1) is 11.6 Å². The summed E-state index contributed by atoms with van der Waals surface area (Å²) < 4.78 is 23.8. The van der Waals surface area contributed by atoms with Gasteiger partial charge in [-0.2, -0.15) is 8.42 Å². The lowest BCUT2D eigenvalue weighted by molar-refractivity contribution is -0.116. The molecule has 0 saturated heterocycles. The van der Waals surface area contributed by atoms with Crippen molar-refractivity contribution < 1.29 is 13.2 Å². The first-order valence-corrected chi connectivity index (χ1v) is 7.25. The molecule has 0 aliphatic heterocycles. The number of hydrogen-bond donors (Lipinski definition) is 3. The second-order valence-corrected chi connectivity index (χ2v) is 5.24. The normalized spacial score (nSPS) is 11.0. The molecule has 0 aliphatic rings. The standard InChI is InChI=1S/C10H14ClN3O3S/c11-6-2-5-10(15)13-8-3-1-4-9(7-8)14-18(12,16)17/h1,3-4,7,14H,2,5-6H2,(H,13,15)(H2,12,16,17). The van der Waals surface area contributed by atoms with Crippen molar-refractivity contribution in [3.05, 3.63) is 24.3 Å². The fourth-order valence-corrected chi connectivity index (χ4v) is 1.86. The van der Waals surface area contributed by atoms with Gasteiger partial charge in [0.15, 0.2) is 0 Å². The van der Waals surface area contributed by atoms with Crippen molar-refractivity contribution in [1.29, 1.82) is 0 Å². The van der Waals surface area contributed by atoms with Gasteiger partial charge in [0.1, 0.15) is 0 Å². The van der Waals surface area contributed by atoms with Crippen LogP contribution in [0.5, 0.6) is 0 Å². The zero-order valence-electron chi connectivity index (χ0n) is 9.52. The average molecular weight is 292 g/mol. The highest BCUT2D eigenvalue weighted by Gasteiger charge is 2.05. The van der Waals surface area contributed by atoms with E-state index in [4.69, 9.17) is 16.7 Å². The van der Waals surface area contributed by atoms with E-state index in [-0.39, 0.29) is 11.6 Å². The van der Waals surface area contributed by atoms with Crippen molar-refractivity contribution in [1.82, 2.24) is 0 Å². The number of rotatable bonds is 6. The van der Waals surface area contributed by atoms with Gasteiger partial charge in [-0.1, -0.05) is 6.07 Å². The van der Waals surface area contributed by atoms with Crippen LogP contribution in [0.15, 0.2) is 24.3 Å². The summed E-state index contributed by atoms with van der Waals surface area (Å²) in [6.45, 7) is 0. The minimum absolute atomic E-state index is 0.177. The predicted octanol–water partition coefficient (Wildman–Crippen LogP) is 1.26. The Balaban J connectivity index is 2.68. The Morgan fingerprint density at radius 1 is 1.33 bits per heavy atom. The third kappa shape index (κ3) is 5.85. The zero-order valence-corrected chi connectivity index (χ0v) is 11.1. The third-order valence-corrected chi connectivity index (χ3v) is 2.73. The van der Waals surface area contributed by atoms with Crippen LogP contribution in [0, 0.1) is 0 Å². The predicted molar refractivity (Wildman–Crippen MR) is 71.8 cm³/mol. The first-order valence-electron chi connectivity index (χ1n) is 5.17. The van der Waals surface area contributed by atoms with Gasteiger partial charge < -0.3 is 5.32 Å². The molecular formula is C10H14ClN3O3S. The highest BCUT2D eigenvalue weighted by Crippen LogP contribution is 2.16. The molecule has 1 amide bonds. The minimum atomic E-state index is -3.82. The lowest BCUT2D eigenvalue weighted by Gasteiger charge is -2.07. The number of carbonyl (C=O) groups is 1. The van der Waals surface area contributed by atoms with Gasteiger partial charge in [-0.25, -0.2) is 5.14 Å². The highest BCUT2D eigenvalue weighted by atomic mass is 35.5. The number of nitrogens with one attached hydrogen (secondary N) is 2. The molecule has 0 atom stereocenters. The lowest BCUT2D eigenvalue weighted by Crippen LogP contribution is -2.21. The van der Waals surface area contributed by atoms with Crippen LogP contribution in [0.1, 0.15) is 12.8 Å². The van der Waals surface area contributed by atoms with Crippen molar-refractivity contribution in [2.75, 3.05) is 15.9 Å². The molecule has 1 aromatic carbocycles. The van der Waals surface area contributed by atoms with E-state index >= 15 is 0 Å². The van der Waals surface area contributed by atoms with Crippen LogP contribution >= 0.6 is 11.6 Å². The molecular weight excluding hydrogens is 278 g/mol. The number of nitrogens with two attached hydrogens (primary N) is 1. The molecule has 1 rings (SSSR count). The SMILES string of the molecule is NS(=O)(=O)Nc1cccc(NC(=O)CCCCl)c1. The smallest absolute Gasteiger partial charge is 0.296 e. The fraction of sp³-hybridized carbons (Fsp3) is 0.300. The van der Waals surface area contributed by atoms with Crippen molar-refractivity contribution in [3.63, 3.8) is 0 Å². The molecule has 0 spiro atoms. The summed E-state index contributed by atoms with van der Waals surface area (Å²) in [5.41, 5.74) is 0.774. The molecule has 6 nitrogen and oxygen atoms in total. The van der Waals surface area contributed by atoms with Crippen LogP contribution in [-0.2, 0) is 15.0 Å². The Hall–Kier alpha value is -1.31. The van der Waals surface area contributed by atoms with Crippen molar-refractivity contribution in [2.24, 2.45) is 5.14 Å². The number of carbonyl (C=O) groups excluding carboxylic acids is 1. The number of halogens is 1. The van der Waals surface area contributed by atoms with Gasteiger partial charge in [-0.3, -0.25) is 9.52 Å². The first-order chi connectivity index (χ1) is 8.40.